The molecule has 0 atom stereocenters. The fraction of sp³-hybridized carbons (Fsp3) is 0.400. The highest BCUT2D eigenvalue weighted by molar-refractivity contribution is 9.10. The number of hydrogen-bond acceptors (Lipinski definition) is 2. The Morgan fingerprint density at radius 2 is 1.85 bits per heavy atom. The Kier molecular flexibility index (Phi) is 4.09. The maximum absolute atomic E-state index is 5.45. The lowest BCUT2D eigenvalue weighted by Crippen LogP contribution is -1.98. The van der Waals surface area contributed by atoms with E-state index >= 15 is 0 Å². The van der Waals surface area contributed by atoms with Crippen LogP contribution in [0.2, 0.25) is 0 Å². The Balaban J connectivity index is 2.95. The van der Waals surface area contributed by atoms with Crippen molar-refractivity contribution < 1.29 is 9.47 Å². The maximum atomic E-state index is 5.45. The highest BCUT2D eigenvalue weighted by Crippen LogP contribution is 2.34. The zero-order chi connectivity index (χ0) is 9.68. The molecule has 2 nitrogen and oxygen atoms in total. The third-order valence-corrected chi connectivity index (χ3v) is 2.14. The van der Waals surface area contributed by atoms with Crippen LogP contribution in [0.4, 0.5) is 0 Å². The lowest BCUT2D eigenvalue weighted by atomic mass is 10.3. The summed E-state index contributed by atoms with van der Waals surface area (Å²) in [6.45, 7) is 5.20. The van der Waals surface area contributed by atoms with E-state index < -0.39 is 0 Å². The summed E-state index contributed by atoms with van der Waals surface area (Å²) in [5.74, 6) is 1.57. The lowest BCUT2D eigenvalue weighted by molar-refractivity contribution is 0.286. The van der Waals surface area contributed by atoms with Crippen LogP contribution < -0.4 is 9.47 Å². The third-order valence-electron chi connectivity index (χ3n) is 1.52. The van der Waals surface area contributed by atoms with Crippen LogP contribution >= 0.6 is 15.9 Å². The Bertz CT molecular complexity index is 274. The van der Waals surface area contributed by atoms with Gasteiger partial charge in [0.2, 0.25) is 0 Å². The fourth-order valence-electron chi connectivity index (χ4n) is 1.04. The summed E-state index contributed by atoms with van der Waals surface area (Å²) in [6, 6.07) is 5.77. The number of halogens is 1. The molecule has 0 fully saturated rings. The molecule has 13 heavy (non-hydrogen) atoms. The molecule has 0 aliphatic carbocycles. The molecule has 0 unspecified atom stereocenters. The van der Waals surface area contributed by atoms with Crippen molar-refractivity contribution in [1.29, 1.82) is 0 Å². The first-order chi connectivity index (χ1) is 6.29. The summed E-state index contributed by atoms with van der Waals surface area (Å²) in [4.78, 5) is 0. The van der Waals surface area contributed by atoms with Gasteiger partial charge in [0.15, 0.2) is 11.5 Å². The molecule has 0 spiro atoms. The van der Waals surface area contributed by atoms with Gasteiger partial charge < -0.3 is 9.47 Å². The van der Waals surface area contributed by atoms with Gasteiger partial charge in [-0.2, -0.15) is 0 Å². The first-order valence-corrected chi connectivity index (χ1v) is 5.13. The second kappa shape index (κ2) is 5.12. The molecule has 0 aromatic heterocycles. The van der Waals surface area contributed by atoms with Crippen molar-refractivity contribution >= 4 is 15.9 Å². The summed E-state index contributed by atoms with van der Waals surface area (Å²) in [5.41, 5.74) is 0. The molecule has 0 saturated heterocycles. The van der Waals surface area contributed by atoms with E-state index in [2.05, 4.69) is 15.9 Å². The van der Waals surface area contributed by atoms with E-state index in [1.54, 1.807) is 0 Å². The van der Waals surface area contributed by atoms with Gasteiger partial charge in [0, 0.05) is 0 Å². The number of rotatable bonds is 4. The summed E-state index contributed by atoms with van der Waals surface area (Å²) in [6.07, 6.45) is 0. The second-order valence-electron chi connectivity index (χ2n) is 2.43. The van der Waals surface area contributed by atoms with Crippen molar-refractivity contribution in [2.24, 2.45) is 0 Å². The maximum Gasteiger partial charge on any atom is 0.175 e. The summed E-state index contributed by atoms with van der Waals surface area (Å²) >= 11 is 3.41. The number of para-hydroxylation sites is 1. The van der Waals surface area contributed by atoms with Gasteiger partial charge in [-0.3, -0.25) is 0 Å². The van der Waals surface area contributed by atoms with E-state index in [4.69, 9.17) is 9.47 Å². The van der Waals surface area contributed by atoms with Crippen LogP contribution in [0.1, 0.15) is 13.8 Å². The van der Waals surface area contributed by atoms with Crippen LogP contribution in [0.3, 0.4) is 0 Å². The van der Waals surface area contributed by atoms with Crippen molar-refractivity contribution in [3.05, 3.63) is 22.7 Å². The Morgan fingerprint density at radius 1 is 1.15 bits per heavy atom. The Hall–Kier alpha value is -0.700. The van der Waals surface area contributed by atoms with Gasteiger partial charge in [-0.25, -0.2) is 0 Å². The average molecular weight is 245 g/mol. The van der Waals surface area contributed by atoms with Crippen LogP contribution in [-0.2, 0) is 0 Å². The summed E-state index contributed by atoms with van der Waals surface area (Å²) in [7, 11) is 0. The standard InChI is InChI=1S/C10H13BrO2/c1-3-12-9-7-5-6-8(11)10(9)13-4-2/h5-7H,3-4H2,1-2H3. The van der Waals surface area contributed by atoms with Crippen LogP contribution in [-0.4, -0.2) is 13.2 Å². The zero-order valence-electron chi connectivity index (χ0n) is 7.84. The minimum Gasteiger partial charge on any atom is -0.490 e. The smallest absolute Gasteiger partial charge is 0.175 e. The van der Waals surface area contributed by atoms with Gasteiger partial charge in [0.05, 0.1) is 17.7 Å². The Morgan fingerprint density at radius 3 is 2.46 bits per heavy atom. The van der Waals surface area contributed by atoms with E-state index in [0.29, 0.717) is 13.2 Å². The van der Waals surface area contributed by atoms with Crippen molar-refractivity contribution in [3.63, 3.8) is 0 Å². The predicted octanol–water partition coefficient (Wildman–Crippen LogP) is 3.25. The van der Waals surface area contributed by atoms with Gasteiger partial charge in [0.1, 0.15) is 0 Å². The molecule has 0 radical (unpaired) electrons. The van der Waals surface area contributed by atoms with Crippen LogP contribution in [0.15, 0.2) is 22.7 Å². The van der Waals surface area contributed by atoms with Gasteiger partial charge in [-0.05, 0) is 41.9 Å². The second-order valence-corrected chi connectivity index (χ2v) is 3.29. The molecule has 0 amide bonds. The molecule has 72 valence electrons. The number of hydrogen-bond donors (Lipinski definition) is 0. The molecule has 0 heterocycles. The first-order valence-electron chi connectivity index (χ1n) is 4.33. The molecule has 0 saturated carbocycles. The molecule has 0 aliphatic rings. The molecule has 0 aliphatic heterocycles. The average Bonchev–Trinajstić information content (AvgIpc) is 2.11. The molecule has 1 aromatic rings. The summed E-state index contributed by atoms with van der Waals surface area (Å²) in [5, 5.41) is 0. The molecular weight excluding hydrogens is 232 g/mol. The van der Waals surface area contributed by atoms with Crippen molar-refractivity contribution in [2.75, 3.05) is 13.2 Å². The van der Waals surface area contributed by atoms with Crippen LogP contribution in [0.5, 0.6) is 11.5 Å². The third kappa shape index (κ3) is 2.62. The molecule has 1 rings (SSSR count). The Labute approximate surface area is 87.0 Å². The fourth-order valence-corrected chi connectivity index (χ4v) is 1.51. The van der Waals surface area contributed by atoms with Crippen molar-refractivity contribution in [2.45, 2.75) is 13.8 Å². The van der Waals surface area contributed by atoms with E-state index in [0.717, 1.165) is 16.0 Å². The lowest BCUT2D eigenvalue weighted by Gasteiger charge is -2.11. The molecule has 0 N–H and O–H groups in total. The van der Waals surface area contributed by atoms with Gasteiger partial charge >= 0.3 is 0 Å². The van der Waals surface area contributed by atoms with Crippen LogP contribution in [0, 0.1) is 0 Å². The zero-order valence-corrected chi connectivity index (χ0v) is 9.43. The molecular formula is C10H13BrO2. The van der Waals surface area contributed by atoms with Crippen LogP contribution in [0.25, 0.3) is 0 Å². The topological polar surface area (TPSA) is 18.5 Å². The van der Waals surface area contributed by atoms with Gasteiger partial charge in [-0.1, -0.05) is 6.07 Å². The normalized spacial score (nSPS) is 9.77. The van der Waals surface area contributed by atoms with E-state index in [1.807, 2.05) is 32.0 Å². The van der Waals surface area contributed by atoms with Crippen molar-refractivity contribution in [1.82, 2.24) is 0 Å². The number of benzene rings is 1. The SMILES string of the molecule is CCOc1cccc(Br)c1OCC. The minimum absolute atomic E-state index is 0.642. The first kappa shape index (κ1) is 10.4. The van der Waals surface area contributed by atoms with Gasteiger partial charge in [-0.15, -0.1) is 0 Å². The predicted molar refractivity (Wildman–Crippen MR) is 56.5 cm³/mol. The number of ether oxygens (including phenoxy) is 2. The van der Waals surface area contributed by atoms with E-state index in [9.17, 15) is 0 Å². The molecule has 0 bridgehead atoms. The van der Waals surface area contributed by atoms with E-state index in [1.165, 1.54) is 0 Å². The van der Waals surface area contributed by atoms with Crippen molar-refractivity contribution in [3.8, 4) is 11.5 Å². The van der Waals surface area contributed by atoms with Gasteiger partial charge in [0.25, 0.3) is 0 Å². The minimum atomic E-state index is 0.642. The summed E-state index contributed by atoms with van der Waals surface area (Å²) < 4.78 is 11.8. The highest BCUT2D eigenvalue weighted by Gasteiger charge is 2.07. The highest BCUT2D eigenvalue weighted by atomic mass is 79.9. The quantitative estimate of drug-likeness (QED) is 0.810. The largest absolute Gasteiger partial charge is 0.490 e. The molecule has 1 aromatic carbocycles. The molecule has 3 heteroatoms. The van der Waals surface area contributed by atoms with E-state index in [-0.39, 0.29) is 0 Å². The monoisotopic (exact) mass is 244 g/mol.